The zero-order valence-corrected chi connectivity index (χ0v) is 16.0. The lowest BCUT2D eigenvalue weighted by Crippen LogP contribution is -2.34. The Morgan fingerprint density at radius 3 is 2.63 bits per heavy atom. The van der Waals surface area contributed by atoms with Crippen molar-refractivity contribution >= 4 is 23.0 Å². The van der Waals surface area contributed by atoms with Crippen molar-refractivity contribution in [2.24, 2.45) is 0 Å². The van der Waals surface area contributed by atoms with Crippen LogP contribution in [0.15, 0.2) is 73.2 Å². The van der Waals surface area contributed by atoms with Crippen molar-refractivity contribution in [3.05, 3.63) is 84.4 Å². The first kappa shape index (κ1) is 18.8. The Hall–Kier alpha value is -2.99. The molecule has 0 aliphatic rings. The summed E-state index contributed by atoms with van der Waals surface area (Å²) in [4.78, 5) is 10.7. The number of aromatic nitrogens is 2. The van der Waals surface area contributed by atoms with Gasteiger partial charge in [-0.15, -0.1) is 0 Å². The molecule has 0 bridgehead atoms. The summed E-state index contributed by atoms with van der Waals surface area (Å²) in [5.74, 6) is 0.779. The van der Waals surface area contributed by atoms with Gasteiger partial charge >= 0.3 is 0 Å². The second kappa shape index (κ2) is 9.64. The van der Waals surface area contributed by atoms with Gasteiger partial charge in [-0.3, -0.25) is 9.97 Å². The first-order valence-electron chi connectivity index (χ1n) is 8.83. The third-order valence-electron chi connectivity index (χ3n) is 3.89. The third-order valence-corrected chi connectivity index (χ3v) is 4.25. The number of anilines is 1. The quantitative estimate of drug-likeness (QED) is 0.620. The fourth-order valence-corrected chi connectivity index (χ4v) is 2.88. The van der Waals surface area contributed by atoms with Gasteiger partial charge in [-0.2, -0.15) is 0 Å². The maximum absolute atomic E-state index is 5.71. The van der Waals surface area contributed by atoms with Crippen LogP contribution in [0.3, 0.4) is 0 Å². The normalized spacial score (nSPS) is 10.3. The molecule has 2 heterocycles. The van der Waals surface area contributed by atoms with Crippen molar-refractivity contribution < 1.29 is 4.74 Å². The molecule has 27 heavy (non-hydrogen) atoms. The van der Waals surface area contributed by atoms with Gasteiger partial charge in [-0.25, -0.2) is 0 Å². The molecular formula is C21H22N4OS. The molecule has 1 N–H and O–H groups in total. The van der Waals surface area contributed by atoms with Crippen LogP contribution in [0.25, 0.3) is 0 Å². The molecule has 0 spiro atoms. The minimum Gasteiger partial charge on any atom is -0.492 e. The van der Waals surface area contributed by atoms with Crippen LogP contribution in [0.1, 0.15) is 18.2 Å². The average molecular weight is 379 g/mol. The highest BCUT2D eigenvalue weighted by atomic mass is 32.1. The summed E-state index contributed by atoms with van der Waals surface area (Å²) < 4.78 is 5.69. The molecule has 0 unspecified atom stereocenters. The number of para-hydroxylation sites is 2. The van der Waals surface area contributed by atoms with Crippen LogP contribution in [-0.4, -0.2) is 26.6 Å². The van der Waals surface area contributed by atoms with Gasteiger partial charge in [0.1, 0.15) is 5.75 Å². The average Bonchev–Trinajstić information content (AvgIpc) is 2.71. The maximum atomic E-state index is 5.71. The standard InChI is InChI=1S/C21H22N4OS/c1-2-26-20-11-4-3-10-19(20)24-21(27)25(15-17-8-7-12-22-14-17)16-18-9-5-6-13-23-18/h3-14H,2,15-16H2,1H3,(H,24,27). The van der Waals surface area contributed by atoms with Gasteiger partial charge in [0.25, 0.3) is 0 Å². The van der Waals surface area contributed by atoms with E-state index in [2.05, 4.69) is 20.2 Å². The smallest absolute Gasteiger partial charge is 0.174 e. The van der Waals surface area contributed by atoms with Gasteiger partial charge in [-0.05, 0) is 55.0 Å². The highest BCUT2D eigenvalue weighted by Crippen LogP contribution is 2.24. The molecule has 5 nitrogen and oxygen atoms in total. The largest absolute Gasteiger partial charge is 0.492 e. The van der Waals surface area contributed by atoms with Crippen LogP contribution in [-0.2, 0) is 13.1 Å². The lowest BCUT2D eigenvalue weighted by Gasteiger charge is -2.26. The predicted octanol–water partition coefficient (Wildman–Crippen LogP) is 4.27. The third kappa shape index (κ3) is 5.49. The first-order valence-corrected chi connectivity index (χ1v) is 9.23. The summed E-state index contributed by atoms with van der Waals surface area (Å²) in [6.45, 7) is 3.79. The van der Waals surface area contributed by atoms with E-state index in [1.165, 1.54) is 0 Å². The molecule has 0 saturated carbocycles. The summed E-state index contributed by atoms with van der Waals surface area (Å²) in [5, 5.41) is 3.93. The minimum atomic E-state index is 0.596. The number of hydrogen-bond acceptors (Lipinski definition) is 4. The molecule has 0 radical (unpaired) electrons. The minimum absolute atomic E-state index is 0.596. The number of benzene rings is 1. The summed E-state index contributed by atoms with van der Waals surface area (Å²) >= 11 is 5.71. The Bertz CT molecular complexity index is 817. The highest BCUT2D eigenvalue weighted by Gasteiger charge is 2.14. The Morgan fingerprint density at radius 2 is 1.89 bits per heavy atom. The van der Waals surface area contributed by atoms with Crippen LogP contribution in [0.2, 0.25) is 0 Å². The number of ether oxygens (including phenoxy) is 1. The summed E-state index contributed by atoms with van der Waals surface area (Å²) in [6, 6.07) is 17.6. The Morgan fingerprint density at radius 1 is 1.04 bits per heavy atom. The topological polar surface area (TPSA) is 50.3 Å². The van der Waals surface area contributed by atoms with Gasteiger partial charge in [0.15, 0.2) is 5.11 Å². The summed E-state index contributed by atoms with van der Waals surface area (Å²) in [5.41, 5.74) is 2.88. The van der Waals surface area contributed by atoms with E-state index in [1.807, 2.05) is 67.7 Å². The molecule has 0 aliphatic heterocycles. The number of pyridine rings is 2. The number of hydrogen-bond donors (Lipinski definition) is 1. The van der Waals surface area contributed by atoms with E-state index in [9.17, 15) is 0 Å². The Kier molecular flexibility index (Phi) is 6.71. The van der Waals surface area contributed by atoms with Crippen LogP contribution in [0.5, 0.6) is 5.75 Å². The zero-order valence-electron chi connectivity index (χ0n) is 15.2. The van der Waals surface area contributed by atoms with Crippen molar-refractivity contribution in [1.82, 2.24) is 14.9 Å². The first-order chi connectivity index (χ1) is 13.3. The number of nitrogens with one attached hydrogen (secondary N) is 1. The van der Waals surface area contributed by atoms with Crippen molar-refractivity contribution in [3.8, 4) is 5.75 Å². The van der Waals surface area contributed by atoms with E-state index in [-0.39, 0.29) is 0 Å². The Balaban J connectivity index is 1.80. The number of rotatable bonds is 7. The Labute approximate surface area is 165 Å². The summed E-state index contributed by atoms with van der Waals surface area (Å²) in [6.07, 6.45) is 5.40. The van der Waals surface area contributed by atoms with Gasteiger partial charge in [0.05, 0.1) is 24.5 Å². The lowest BCUT2D eigenvalue weighted by molar-refractivity contribution is 0.341. The predicted molar refractivity (Wildman–Crippen MR) is 112 cm³/mol. The molecule has 0 atom stereocenters. The molecule has 1 aromatic carbocycles. The van der Waals surface area contributed by atoms with Crippen molar-refractivity contribution in [2.75, 3.05) is 11.9 Å². The van der Waals surface area contributed by atoms with Crippen LogP contribution in [0.4, 0.5) is 5.69 Å². The highest BCUT2D eigenvalue weighted by molar-refractivity contribution is 7.80. The van der Waals surface area contributed by atoms with E-state index in [4.69, 9.17) is 17.0 Å². The lowest BCUT2D eigenvalue weighted by atomic mass is 10.2. The fraction of sp³-hybridized carbons (Fsp3) is 0.190. The van der Waals surface area contributed by atoms with Gasteiger partial charge in [0.2, 0.25) is 0 Å². The van der Waals surface area contributed by atoms with E-state index in [1.54, 1.807) is 12.4 Å². The van der Waals surface area contributed by atoms with Crippen molar-refractivity contribution in [2.45, 2.75) is 20.0 Å². The molecule has 3 rings (SSSR count). The molecule has 0 amide bonds. The van der Waals surface area contributed by atoms with Crippen LogP contribution < -0.4 is 10.1 Å². The van der Waals surface area contributed by atoms with Crippen LogP contribution in [0, 0.1) is 0 Å². The molecule has 138 valence electrons. The van der Waals surface area contributed by atoms with Gasteiger partial charge in [0, 0.05) is 25.1 Å². The molecule has 0 saturated heterocycles. The zero-order chi connectivity index (χ0) is 18.9. The second-order valence-corrected chi connectivity index (χ2v) is 6.28. The van der Waals surface area contributed by atoms with E-state index in [0.717, 1.165) is 22.7 Å². The monoisotopic (exact) mass is 378 g/mol. The molecule has 6 heteroatoms. The van der Waals surface area contributed by atoms with Gasteiger partial charge < -0.3 is 15.0 Å². The molecule has 0 aliphatic carbocycles. The number of thiocarbonyl (C=S) groups is 1. The van der Waals surface area contributed by atoms with Crippen molar-refractivity contribution in [1.29, 1.82) is 0 Å². The maximum Gasteiger partial charge on any atom is 0.174 e. The van der Waals surface area contributed by atoms with Crippen molar-refractivity contribution in [3.63, 3.8) is 0 Å². The fourth-order valence-electron chi connectivity index (χ4n) is 2.64. The van der Waals surface area contributed by atoms with Crippen LogP contribution >= 0.6 is 12.2 Å². The van der Waals surface area contributed by atoms with E-state index >= 15 is 0 Å². The summed E-state index contributed by atoms with van der Waals surface area (Å²) in [7, 11) is 0. The number of nitrogens with zero attached hydrogens (tertiary/aromatic N) is 3. The SMILES string of the molecule is CCOc1ccccc1NC(=S)N(Cc1cccnc1)Cc1ccccn1. The molecule has 0 fully saturated rings. The molecule has 3 aromatic rings. The second-order valence-electron chi connectivity index (χ2n) is 5.90. The molecular weight excluding hydrogens is 356 g/mol. The van der Waals surface area contributed by atoms with Gasteiger partial charge in [-0.1, -0.05) is 24.3 Å². The molecule has 2 aromatic heterocycles. The van der Waals surface area contributed by atoms with E-state index in [0.29, 0.717) is 24.8 Å². The van der Waals surface area contributed by atoms with E-state index < -0.39 is 0 Å².